The van der Waals surface area contributed by atoms with Crippen LogP contribution in [0, 0.1) is 0 Å². The van der Waals surface area contributed by atoms with Crippen molar-refractivity contribution in [1.29, 1.82) is 0 Å². The lowest BCUT2D eigenvalue weighted by Gasteiger charge is -2.30. The minimum absolute atomic E-state index is 0.0517. The van der Waals surface area contributed by atoms with Crippen molar-refractivity contribution < 1.29 is 0 Å². The molecule has 0 unspecified atom stereocenters. The fraction of sp³-hybridized carbons (Fsp3) is 0.333. The van der Waals surface area contributed by atoms with E-state index >= 15 is 0 Å². The smallest absolute Gasteiger partial charge is 0.170 e. The molecule has 0 aliphatic carbocycles. The van der Waals surface area contributed by atoms with Crippen molar-refractivity contribution >= 4 is 40.3 Å². The van der Waals surface area contributed by atoms with Crippen molar-refractivity contribution in [2.24, 2.45) is 0 Å². The number of aromatic nitrogens is 1. The number of thiocarbonyl (C=S) groups is 1. The second kappa shape index (κ2) is 5.91. The Kier molecular flexibility index (Phi) is 4.15. The van der Waals surface area contributed by atoms with Crippen LogP contribution in [0.2, 0.25) is 4.34 Å². The highest BCUT2D eigenvalue weighted by Gasteiger charge is 2.41. The van der Waals surface area contributed by atoms with E-state index in [-0.39, 0.29) is 12.1 Å². The third-order valence-electron chi connectivity index (χ3n) is 3.58. The summed E-state index contributed by atoms with van der Waals surface area (Å²) in [5.41, 5.74) is 0.998. The monoisotopic (exact) mass is 337 g/mol. The maximum Gasteiger partial charge on any atom is 0.170 e. The summed E-state index contributed by atoms with van der Waals surface area (Å²) in [4.78, 5) is 7.93. The summed E-state index contributed by atoms with van der Waals surface area (Å²) in [5, 5.41) is 4.19. The lowest BCUT2D eigenvalue weighted by molar-refractivity contribution is 0.273. The zero-order valence-electron chi connectivity index (χ0n) is 11.8. The molecule has 3 nitrogen and oxygen atoms in total. The molecule has 0 radical (unpaired) electrons. The number of hydrogen-bond acceptors (Lipinski definition) is 3. The van der Waals surface area contributed by atoms with Gasteiger partial charge in [0.2, 0.25) is 0 Å². The lowest BCUT2D eigenvalue weighted by Crippen LogP contribution is -2.35. The van der Waals surface area contributed by atoms with Gasteiger partial charge in [-0.1, -0.05) is 17.7 Å². The predicted molar refractivity (Wildman–Crippen MR) is 91.8 cm³/mol. The Bertz CT molecular complexity index is 641. The van der Waals surface area contributed by atoms with Crippen LogP contribution in [0.25, 0.3) is 0 Å². The highest BCUT2D eigenvalue weighted by atomic mass is 35.5. The third-order valence-corrected chi connectivity index (χ3v) is 5.21. The van der Waals surface area contributed by atoms with Crippen LogP contribution in [0.4, 0.5) is 0 Å². The van der Waals surface area contributed by atoms with Crippen LogP contribution in [-0.4, -0.2) is 21.0 Å². The Labute approximate surface area is 139 Å². The number of nitrogens with one attached hydrogen (secondary N) is 1. The number of rotatable bonds is 3. The van der Waals surface area contributed by atoms with E-state index < -0.39 is 0 Å². The van der Waals surface area contributed by atoms with E-state index in [4.69, 9.17) is 23.8 Å². The van der Waals surface area contributed by atoms with Gasteiger partial charge >= 0.3 is 0 Å². The van der Waals surface area contributed by atoms with Crippen molar-refractivity contribution in [2.45, 2.75) is 32.0 Å². The summed E-state index contributed by atoms with van der Waals surface area (Å²) in [6.07, 6.45) is 1.82. The van der Waals surface area contributed by atoms with Crippen molar-refractivity contribution in [3.05, 3.63) is 51.4 Å². The first-order valence-corrected chi connectivity index (χ1v) is 8.43. The van der Waals surface area contributed by atoms with Crippen LogP contribution in [0.1, 0.15) is 36.5 Å². The SMILES string of the molecule is CC(C)N1C(=S)N[C@H](c2ccccn2)[C@H]1c1ccc(Cl)s1. The minimum atomic E-state index is 0.0517. The fourth-order valence-electron chi connectivity index (χ4n) is 2.71. The summed E-state index contributed by atoms with van der Waals surface area (Å²) in [7, 11) is 0. The van der Waals surface area contributed by atoms with Gasteiger partial charge in [0.15, 0.2) is 5.11 Å². The van der Waals surface area contributed by atoms with Gasteiger partial charge in [0.1, 0.15) is 0 Å². The topological polar surface area (TPSA) is 28.2 Å². The van der Waals surface area contributed by atoms with Gasteiger partial charge < -0.3 is 10.2 Å². The van der Waals surface area contributed by atoms with Gasteiger partial charge in [0, 0.05) is 17.1 Å². The van der Waals surface area contributed by atoms with E-state index in [2.05, 4.69) is 35.1 Å². The Morgan fingerprint density at radius 3 is 2.71 bits per heavy atom. The van der Waals surface area contributed by atoms with E-state index in [1.165, 1.54) is 4.88 Å². The van der Waals surface area contributed by atoms with E-state index in [0.29, 0.717) is 6.04 Å². The highest BCUT2D eigenvalue weighted by Crippen LogP contribution is 2.42. The molecule has 1 aliphatic rings. The number of thiophene rings is 1. The van der Waals surface area contributed by atoms with Crippen molar-refractivity contribution in [2.75, 3.05) is 0 Å². The van der Waals surface area contributed by atoms with E-state index in [0.717, 1.165) is 15.1 Å². The largest absolute Gasteiger partial charge is 0.352 e. The third kappa shape index (κ3) is 2.78. The lowest BCUT2D eigenvalue weighted by atomic mass is 10.0. The predicted octanol–water partition coefficient (Wildman–Crippen LogP) is 4.18. The van der Waals surface area contributed by atoms with E-state index in [9.17, 15) is 0 Å². The van der Waals surface area contributed by atoms with Gasteiger partial charge in [-0.25, -0.2) is 0 Å². The van der Waals surface area contributed by atoms with E-state index in [1.54, 1.807) is 11.3 Å². The highest BCUT2D eigenvalue weighted by molar-refractivity contribution is 7.80. The molecule has 6 heteroatoms. The number of nitrogens with zero attached hydrogens (tertiary/aromatic N) is 2. The Balaban J connectivity index is 2.05. The van der Waals surface area contributed by atoms with Gasteiger partial charge in [-0.3, -0.25) is 4.98 Å². The zero-order chi connectivity index (χ0) is 15.0. The van der Waals surface area contributed by atoms with Gasteiger partial charge in [0.05, 0.1) is 22.1 Å². The van der Waals surface area contributed by atoms with Crippen LogP contribution in [-0.2, 0) is 0 Å². The molecule has 21 heavy (non-hydrogen) atoms. The number of halogens is 1. The van der Waals surface area contributed by atoms with Crippen molar-refractivity contribution in [3.8, 4) is 0 Å². The first kappa shape index (κ1) is 14.8. The first-order chi connectivity index (χ1) is 10.1. The van der Waals surface area contributed by atoms with Crippen LogP contribution >= 0.6 is 35.2 Å². The molecule has 3 heterocycles. The second-order valence-corrected chi connectivity index (χ2v) is 7.40. The average molecular weight is 338 g/mol. The molecule has 0 saturated carbocycles. The normalized spacial score (nSPS) is 21.9. The molecule has 3 rings (SSSR count). The molecule has 1 N–H and O–H groups in total. The molecular formula is C15H16ClN3S2. The molecule has 0 aromatic carbocycles. The molecule has 2 aromatic rings. The molecule has 0 spiro atoms. The number of pyridine rings is 1. The summed E-state index contributed by atoms with van der Waals surface area (Å²) in [6.45, 7) is 4.30. The molecule has 1 aliphatic heterocycles. The van der Waals surface area contributed by atoms with Crippen LogP contribution < -0.4 is 5.32 Å². The van der Waals surface area contributed by atoms with Crippen LogP contribution in [0.15, 0.2) is 36.5 Å². The quantitative estimate of drug-likeness (QED) is 0.850. The maximum atomic E-state index is 6.13. The van der Waals surface area contributed by atoms with Crippen molar-refractivity contribution in [1.82, 2.24) is 15.2 Å². The van der Waals surface area contributed by atoms with Crippen molar-refractivity contribution in [3.63, 3.8) is 0 Å². The minimum Gasteiger partial charge on any atom is -0.352 e. The average Bonchev–Trinajstić information content (AvgIpc) is 3.03. The zero-order valence-corrected chi connectivity index (χ0v) is 14.2. The summed E-state index contributed by atoms with van der Waals surface area (Å²) in [6, 6.07) is 10.5. The maximum absolute atomic E-state index is 6.13. The number of hydrogen-bond donors (Lipinski definition) is 1. The van der Waals surface area contributed by atoms with Gasteiger partial charge in [-0.05, 0) is 50.3 Å². The Morgan fingerprint density at radius 2 is 2.14 bits per heavy atom. The Hall–Kier alpha value is -1.17. The molecule has 1 fully saturated rings. The molecule has 1 saturated heterocycles. The van der Waals surface area contributed by atoms with Gasteiger partial charge in [-0.2, -0.15) is 0 Å². The molecule has 0 bridgehead atoms. The summed E-state index contributed by atoms with van der Waals surface area (Å²) < 4.78 is 0.797. The molecule has 0 amide bonds. The fourth-order valence-corrected chi connectivity index (χ4v) is 4.36. The Morgan fingerprint density at radius 1 is 1.33 bits per heavy atom. The summed E-state index contributed by atoms with van der Waals surface area (Å²) in [5.74, 6) is 0. The molecule has 110 valence electrons. The molecular weight excluding hydrogens is 322 g/mol. The summed E-state index contributed by atoms with van der Waals surface area (Å²) >= 11 is 13.3. The molecule has 2 aromatic heterocycles. The van der Waals surface area contributed by atoms with Gasteiger partial charge in [0.25, 0.3) is 0 Å². The first-order valence-electron chi connectivity index (χ1n) is 6.83. The van der Waals surface area contributed by atoms with Gasteiger partial charge in [-0.15, -0.1) is 11.3 Å². The van der Waals surface area contributed by atoms with Crippen LogP contribution in [0.3, 0.4) is 0 Å². The second-order valence-electron chi connectivity index (χ2n) is 5.27. The van der Waals surface area contributed by atoms with E-state index in [1.807, 2.05) is 30.5 Å². The van der Waals surface area contributed by atoms with Crippen LogP contribution in [0.5, 0.6) is 0 Å². The standard InChI is InChI=1S/C15H16ClN3S2/c1-9(2)19-14(11-6-7-12(16)21-11)13(18-15(19)20)10-5-3-4-8-17-10/h3-9,13-14H,1-2H3,(H,18,20)/t13-,14-/m1/s1. The molecule has 2 atom stereocenters.